The Morgan fingerprint density at radius 2 is 1.69 bits per heavy atom. The van der Waals surface area contributed by atoms with E-state index in [4.69, 9.17) is 27.9 Å². The highest BCUT2D eigenvalue weighted by Gasteiger charge is 2.61. The van der Waals surface area contributed by atoms with Crippen LogP contribution in [0.4, 0.5) is 22.0 Å². The molecule has 10 heteroatoms. The number of alkyl halides is 5. The second-order valence-electron chi connectivity index (χ2n) is 5.47. The third kappa shape index (κ3) is 3.31. The lowest BCUT2D eigenvalue weighted by Gasteiger charge is -2.16. The zero-order chi connectivity index (χ0) is 19.3. The van der Waals surface area contributed by atoms with Crippen LogP contribution in [0.5, 0.6) is 11.5 Å². The van der Waals surface area contributed by atoms with Crippen LogP contribution in [-0.2, 0) is 5.92 Å². The van der Waals surface area contributed by atoms with E-state index in [1.165, 1.54) is 30.3 Å². The number of imidazole rings is 1. The van der Waals surface area contributed by atoms with E-state index in [0.29, 0.717) is 10.6 Å². The van der Waals surface area contributed by atoms with E-state index in [2.05, 4.69) is 4.98 Å². The van der Waals surface area contributed by atoms with E-state index in [1.807, 2.05) is 4.98 Å². The minimum Gasteiger partial charge on any atom is -0.455 e. The highest BCUT2D eigenvalue weighted by molar-refractivity contribution is 6.35. The Labute approximate surface area is 153 Å². The standard InChI is InChI=1S/C16H9Cl2F5N2O/c1-7-4-10-11(25-14(24-10)15(19,20)16(21,22)23)6-13(7)26-12-3-2-8(17)5-9(12)18/h2-6H,1H3,(H,24,25). The molecule has 0 atom stereocenters. The summed E-state index contributed by atoms with van der Waals surface area (Å²) in [7, 11) is 0. The monoisotopic (exact) mass is 410 g/mol. The summed E-state index contributed by atoms with van der Waals surface area (Å²) in [4.78, 5) is 5.38. The number of H-pyrrole nitrogens is 1. The van der Waals surface area contributed by atoms with Gasteiger partial charge in [0.1, 0.15) is 11.5 Å². The number of fused-ring (bicyclic) bond motifs is 1. The van der Waals surface area contributed by atoms with E-state index in [9.17, 15) is 22.0 Å². The summed E-state index contributed by atoms with van der Waals surface area (Å²) >= 11 is 11.8. The molecule has 0 fully saturated rings. The fourth-order valence-corrected chi connectivity index (χ4v) is 2.66. The number of hydrogen-bond donors (Lipinski definition) is 1. The van der Waals surface area contributed by atoms with Gasteiger partial charge in [-0.25, -0.2) is 4.98 Å². The zero-order valence-electron chi connectivity index (χ0n) is 12.9. The molecule has 138 valence electrons. The van der Waals surface area contributed by atoms with E-state index in [0.717, 1.165) is 0 Å². The van der Waals surface area contributed by atoms with Gasteiger partial charge in [-0.2, -0.15) is 22.0 Å². The van der Waals surface area contributed by atoms with E-state index in [1.54, 1.807) is 6.92 Å². The maximum absolute atomic E-state index is 13.5. The SMILES string of the molecule is Cc1cc2[nH]c(C(F)(F)C(F)(F)F)nc2cc1Oc1ccc(Cl)cc1Cl. The first-order valence-corrected chi connectivity index (χ1v) is 7.83. The topological polar surface area (TPSA) is 37.9 Å². The number of aryl methyl sites for hydroxylation is 1. The average molecular weight is 411 g/mol. The van der Waals surface area contributed by atoms with Gasteiger partial charge in [-0.05, 0) is 36.8 Å². The number of benzene rings is 2. The third-order valence-corrected chi connectivity index (χ3v) is 4.08. The number of aromatic amines is 1. The van der Waals surface area contributed by atoms with Gasteiger partial charge in [0.15, 0.2) is 5.82 Å². The molecule has 3 nitrogen and oxygen atoms in total. The van der Waals surface area contributed by atoms with Crippen LogP contribution in [0.1, 0.15) is 11.4 Å². The zero-order valence-corrected chi connectivity index (χ0v) is 14.4. The number of halogens is 7. The van der Waals surface area contributed by atoms with E-state index >= 15 is 0 Å². The molecular formula is C16H9Cl2F5N2O. The summed E-state index contributed by atoms with van der Waals surface area (Å²) in [5, 5.41) is 0.601. The molecule has 1 N–H and O–H groups in total. The molecule has 1 aromatic heterocycles. The summed E-state index contributed by atoms with van der Waals surface area (Å²) in [5.74, 6) is -6.13. The van der Waals surface area contributed by atoms with Crippen molar-refractivity contribution in [3.63, 3.8) is 0 Å². The van der Waals surface area contributed by atoms with Crippen molar-refractivity contribution in [3.05, 3.63) is 51.8 Å². The molecule has 0 saturated carbocycles. The lowest BCUT2D eigenvalue weighted by Crippen LogP contribution is -2.34. The first-order valence-electron chi connectivity index (χ1n) is 7.07. The lowest BCUT2D eigenvalue weighted by atomic mass is 10.2. The molecule has 0 radical (unpaired) electrons. The molecule has 0 aliphatic heterocycles. The minimum absolute atomic E-state index is 0.0241. The maximum atomic E-state index is 13.5. The molecule has 0 spiro atoms. The Kier molecular flexibility index (Phi) is 4.52. The molecule has 0 aliphatic carbocycles. The Bertz CT molecular complexity index is 985. The Morgan fingerprint density at radius 3 is 2.31 bits per heavy atom. The van der Waals surface area contributed by atoms with Crippen molar-refractivity contribution in [3.8, 4) is 11.5 Å². The van der Waals surface area contributed by atoms with Crippen LogP contribution < -0.4 is 4.74 Å². The van der Waals surface area contributed by atoms with Crippen molar-refractivity contribution in [2.75, 3.05) is 0 Å². The van der Waals surface area contributed by atoms with E-state index in [-0.39, 0.29) is 27.6 Å². The predicted molar refractivity (Wildman–Crippen MR) is 87.3 cm³/mol. The molecule has 3 rings (SSSR count). The number of nitrogens with zero attached hydrogens (tertiary/aromatic N) is 1. The maximum Gasteiger partial charge on any atom is 0.461 e. The lowest BCUT2D eigenvalue weighted by molar-refractivity contribution is -0.292. The Morgan fingerprint density at radius 1 is 1.00 bits per heavy atom. The molecule has 26 heavy (non-hydrogen) atoms. The number of rotatable bonds is 3. The largest absolute Gasteiger partial charge is 0.461 e. The first-order chi connectivity index (χ1) is 12.0. The third-order valence-electron chi connectivity index (χ3n) is 3.55. The molecule has 1 heterocycles. The van der Waals surface area contributed by atoms with Gasteiger partial charge in [0.05, 0.1) is 16.1 Å². The van der Waals surface area contributed by atoms with Gasteiger partial charge in [0, 0.05) is 11.1 Å². The van der Waals surface area contributed by atoms with Crippen molar-refractivity contribution in [2.45, 2.75) is 19.0 Å². The van der Waals surface area contributed by atoms with Gasteiger partial charge in [-0.15, -0.1) is 0 Å². The van der Waals surface area contributed by atoms with Crippen LogP contribution in [0, 0.1) is 6.92 Å². The van der Waals surface area contributed by atoms with Crippen molar-refractivity contribution >= 4 is 34.2 Å². The first kappa shape index (κ1) is 18.7. The quantitative estimate of drug-likeness (QED) is 0.492. The summed E-state index contributed by atoms with van der Waals surface area (Å²) in [6.45, 7) is 1.60. The molecule has 0 bridgehead atoms. The fraction of sp³-hybridized carbons (Fsp3) is 0.188. The summed E-state index contributed by atoms with van der Waals surface area (Å²) in [6.07, 6.45) is -5.76. The van der Waals surface area contributed by atoms with Gasteiger partial charge in [-0.1, -0.05) is 23.2 Å². The molecule has 0 unspecified atom stereocenters. The molecule has 0 amide bonds. The van der Waals surface area contributed by atoms with Crippen molar-refractivity contribution in [1.29, 1.82) is 0 Å². The van der Waals surface area contributed by atoms with Crippen molar-refractivity contribution < 1.29 is 26.7 Å². The predicted octanol–water partition coefficient (Wildman–Crippen LogP) is 6.62. The molecule has 2 aromatic carbocycles. The number of aromatic nitrogens is 2. The van der Waals surface area contributed by atoms with Gasteiger partial charge >= 0.3 is 12.1 Å². The Hall–Kier alpha value is -2.06. The van der Waals surface area contributed by atoms with Crippen LogP contribution in [0.3, 0.4) is 0 Å². The smallest absolute Gasteiger partial charge is 0.455 e. The number of hydrogen-bond acceptors (Lipinski definition) is 2. The van der Waals surface area contributed by atoms with Gasteiger partial charge in [-0.3, -0.25) is 0 Å². The Balaban J connectivity index is 2.02. The molecule has 0 saturated heterocycles. The number of nitrogens with one attached hydrogen (secondary N) is 1. The normalized spacial score (nSPS) is 12.6. The average Bonchev–Trinajstić information content (AvgIpc) is 2.92. The van der Waals surface area contributed by atoms with Crippen LogP contribution in [0.15, 0.2) is 30.3 Å². The van der Waals surface area contributed by atoms with Gasteiger partial charge < -0.3 is 9.72 Å². The van der Waals surface area contributed by atoms with Gasteiger partial charge in [0.25, 0.3) is 0 Å². The second kappa shape index (κ2) is 6.28. The van der Waals surface area contributed by atoms with Gasteiger partial charge in [0.2, 0.25) is 0 Å². The minimum atomic E-state index is -5.76. The van der Waals surface area contributed by atoms with E-state index < -0.39 is 17.9 Å². The molecular weight excluding hydrogens is 402 g/mol. The molecule has 0 aliphatic rings. The second-order valence-corrected chi connectivity index (χ2v) is 6.31. The van der Waals surface area contributed by atoms with Crippen molar-refractivity contribution in [1.82, 2.24) is 9.97 Å². The molecule has 3 aromatic rings. The highest BCUT2D eigenvalue weighted by atomic mass is 35.5. The summed E-state index contributed by atoms with van der Waals surface area (Å²) in [5.41, 5.74) is 0.402. The van der Waals surface area contributed by atoms with Crippen molar-refractivity contribution in [2.24, 2.45) is 0 Å². The summed E-state index contributed by atoms with van der Waals surface area (Å²) in [6, 6.07) is 7.09. The fourth-order valence-electron chi connectivity index (χ4n) is 2.22. The van der Waals surface area contributed by atoms with Crippen LogP contribution in [0.25, 0.3) is 11.0 Å². The number of ether oxygens (including phenoxy) is 1. The van der Waals surface area contributed by atoms with Crippen LogP contribution in [-0.4, -0.2) is 16.1 Å². The highest BCUT2D eigenvalue weighted by Crippen LogP contribution is 2.43. The van der Waals surface area contributed by atoms with Crippen LogP contribution >= 0.6 is 23.2 Å². The van der Waals surface area contributed by atoms with Crippen LogP contribution in [0.2, 0.25) is 10.0 Å². The summed E-state index contributed by atoms with van der Waals surface area (Å²) < 4.78 is 70.1.